The third-order valence-corrected chi connectivity index (χ3v) is 4.19. The summed E-state index contributed by atoms with van der Waals surface area (Å²) in [7, 11) is 0. The molecular formula is C19H23N3O. The smallest absolute Gasteiger partial charge is 0.328 e. The molecular weight excluding hydrogens is 286 g/mol. The Morgan fingerprint density at radius 1 is 1.00 bits per heavy atom. The van der Waals surface area contributed by atoms with Gasteiger partial charge in [0.1, 0.15) is 0 Å². The lowest BCUT2D eigenvalue weighted by molar-refractivity contribution is 0.248. The molecule has 2 aromatic carbocycles. The molecule has 4 nitrogen and oxygen atoms in total. The van der Waals surface area contributed by atoms with Crippen LogP contribution in [0.4, 0.5) is 21.9 Å². The highest BCUT2D eigenvalue weighted by Gasteiger charge is 2.27. The minimum atomic E-state index is 0.0186. The van der Waals surface area contributed by atoms with Crippen molar-refractivity contribution in [1.29, 1.82) is 0 Å². The molecule has 0 spiro atoms. The van der Waals surface area contributed by atoms with Gasteiger partial charge in [-0.1, -0.05) is 31.5 Å². The average molecular weight is 309 g/mol. The Morgan fingerprint density at radius 2 is 1.70 bits per heavy atom. The fraction of sp³-hybridized carbons (Fsp3) is 0.316. The molecule has 0 bridgehead atoms. The molecule has 4 heteroatoms. The van der Waals surface area contributed by atoms with Crippen molar-refractivity contribution in [2.45, 2.75) is 26.2 Å². The number of hydrogen-bond donors (Lipinski definition) is 1. The van der Waals surface area contributed by atoms with Crippen molar-refractivity contribution in [3.05, 3.63) is 54.1 Å². The van der Waals surface area contributed by atoms with Crippen LogP contribution in [0.15, 0.2) is 48.5 Å². The number of rotatable bonds is 4. The lowest BCUT2D eigenvalue weighted by Gasteiger charge is -2.35. The predicted molar refractivity (Wildman–Crippen MR) is 96.0 cm³/mol. The van der Waals surface area contributed by atoms with Gasteiger partial charge in [-0.3, -0.25) is 9.80 Å². The summed E-state index contributed by atoms with van der Waals surface area (Å²) >= 11 is 0. The predicted octanol–water partition coefficient (Wildman–Crippen LogP) is 4.06. The van der Waals surface area contributed by atoms with Crippen LogP contribution in [0.5, 0.6) is 0 Å². The maximum absolute atomic E-state index is 12.9. The van der Waals surface area contributed by atoms with Crippen LogP contribution in [-0.2, 0) is 6.42 Å². The average Bonchev–Trinajstić information content (AvgIpc) is 2.56. The Labute approximate surface area is 137 Å². The zero-order chi connectivity index (χ0) is 16.2. The molecule has 0 atom stereocenters. The summed E-state index contributed by atoms with van der Waals surface area (Å²) in [6.45, 7) is 3.66. The van der Waals surface area contributed by atoms with Crippen molar-refractivity contribution in [2.75, 3.05) is 28.6 Å². The Morgan fingerprint density at radius 3 is 2.35 bits per heavy atom. The van der Waals surface area contributed by atoms with Gasteiger partial charge in [0.05, 0.1) is 0 Å². The van der Waals surface area contributed by atoms with Gasteiger partial charge in [-0.25, -0.2) is 4.79 Å². The second-order valence-corrected chi connectivity index (χ2v) is 5.95. The van der Waals surface area contributed by atoms with Crippen molar-refractivity contribution in [1.82, 2.24) is 0 Å². The largest absolute Gasteiger partial charge is 0.399 e. The summed E-state index contributed by atoms with van der Waals surface area (Å²) in [5, 5.41) is 0. The highest BCUT2D eigenvalue weighted by molar-refractivity contribution is 6.04. The first-order valence-electron chi connectivity index (χ1n) is 8.22. The SMILES string of the molecule is CCCc1ccc(N2CCCN(c3cccc(N)c3)C2=O)cc1. The third kappa shape index (κ3) is 3.31. The van der Waals surface area contributed by atoms with E-state index in [1.54, 1.807) is 4.90 Å². The summed E-state index contributed by atoms with van der Waals surface area (Å²) in [5.74, 6) is 0. The lowest BCUT2D eigenvalue weighted by atomic mass is 10.1. The number of nitrogen functional groups attached to an aromatic ring is 1. The Kier molecular flexibility index (Phi) is 4.51. The Bertz CT molecular complexity index is 681. The van der Waals surface area contributed by atoms with E-state index in [-0.39, 0.29) is 6.03 Å². The van der Waals surface area contributed by atoms with E-state index >= 15 is 0 Å². The number of hydrogen-bond acceptors (Lipinski definition) is 2. The van der Waals surface area contributed by atoms with Crippen LogP contribution in [0.1, 0.15) is 25.3 Å². The van der Waals surface area contributed by atoms with E-state index in [1.165, 1.54) is 5.56 Å². The molecule has 2 aromatic rings. The van der Waals surface area contributed by atoms with E-state index in [1.807, 2.05) is 41.3 Å². The number of nitrogens with zero attached hydrogens (tertiary/aromatic N) is 2. The third-order valence-electron chi connectivity index (χ3n) is 4.19. The molecule has 0 aromatic heterocycles. The van der Waals surface area contributed by atoms with Crippen LogP contribution in [0.3, 0.4) is 0 Å². The summed E-state index contributed by atoms with van der Waals surface area (Å²) in [5.41, 5.74) is 9.67. The van der Waals surface area contributed by atoms with Gasteiger partial charge < -0.3 is 5.73 Å². The van der Waals surface area contributed by atoms with Gasteiger partial charge in [0, 0.05) is 30.2 Å². The van der Waals surface area contributed by atoms with Gasteiger partial charge >= 0.3 is 6.03 Å². The standard InChI is InChI=1S/C19H23N3O/c1-2-5-15-8-10-17(11-9-15)21-12-4-13-22(19(21)23)18-7-3-6-16(20)14-18/h3,6-11,14H,2,4-5,12-13,20H2,1H3. The topological polar surface area (TPSA) is 49.6 Å². The van der Waals surface area contributed by atoms with Crippen molar-refractivity contribution in [3.63, 3.8) is 0 Å². The monoisotopic (exact) mass is 309 g/mol. The molecule has 3 rings (SSSR count). The summed E-state index contributed by atoms with van der Waals surface area (Å²) in [4.78, 5) is 16.5. The van der Waals surface area contributed by atoms with Gasteiger partial charge in [-0.15, -0.1) is 0 Å². The molecule has 1 saturated heterocycles. The molecule has 0 unspecified atom stereocenters. The minimum Gasteiger partial charge on any atom is -0.399 e. The second kappa shape index (κ2) is 6.73. The summed E-state index contributed by atoms with van der Waals surface area (Å²) < 4.78 is 0. The molecule has 1 heterocycles. The van der Waals surface area contributed by atoms with Crippen molar-refractivity contribution in [3.8, 4) is 0 Å². The summed E-state index contributed by atoms with van der Waals surface area (Å²) in [6.07, 6.45) is 3.14. The number of amides is 2. The fourth-order valence-electron chi connectivity index (χ4n) is 3.03. The second-order valence-electron chi connectivity index (χ2n) is 5.95. The van der Waals surface area contributed by atoms with E-state index < -0.39 is 0 Å². The van der Waals surface area contributed by atoms with Crippen LogP contribution < -0.4 is 15.5 Å². The van der Waals surface area contributed by atoms with E-state index in [0.29, 0.717) is 5.69 Å². The van der Waals surface area contributed by atoms with Crippen molar-refractivity contribution in [2.24, 2.45) is 0 Å². The van der Waals surface area contributed by atoms with Crippen LogP contribution in [0.25, 0.3) is 0 Å². The molecule has 23 heavy (non-hydrogen) atoms. The molecule has 0 saturated carbocycles. The van der Waals surface area contributed by atoms with Gasteiger partial charge in [-0.05, 0) is 48.7 Å². The first kappa shape index (κ1) is 15.4. The van der Waals surface area contributed by atoms with E-state index in [2.05, 4.69) is 19.1 Å². The fourth-order valence-corrected chi connectivity index (χ4v) is 3.03. The zero-order valence-electron chi connectivity index (χ0n) is 13.5. The molecule has 1 aliphatic heterocycles. The lowest BCUT2D eigenvalue weighted by Crippen LogP contribution is -2.49. The molecule has 0 aliphatic carbocycles. The number of carbonyl (C=O) groups is 1. The normalized spacial score (nSPS) is 15.1. The number of carbonyl (C=O) groups excluding carboxylic acids is 1. The van der Waals surface area contributed by atoms with Crippen LogP contribution in [0.2, 0.25) is 0 Å². The number of urea groups is 1. The van der Waals surface area contributed by atoms with E-state index in [4.69, 9.17) is 5.73 Å². The Balaban J connectivity index is 1.82. The van der Waals surface area contributed by atoms with Gasteiger partial charge in [0.2, 0.25) is 0 Å². The van der Waals surface area contributed by atoms with Gasteiger partial charge in [-0.2, -0.15) is 0 Å². The molecule has 1 fully saturated rings. The van der Waals surface area contributed by atoms with Gasteiger partial charge in [0.25, 0.3) is 0 Å². The molecule has 0 radical (unpaired) electrons. The molecule has 2 N–H and O–H groups in total. The molecule has 120 valence electrons. The highest BCUT2D eigenvalue weighted by atomic mass is 16.2. The van der Waals surface area contributed by atoms with Crippen LogP contribution in [-0.4, -0.2) is 19.1 Å². The quantitative estimate of drug-likeness (QED) is 0.866. The number of anilines is 3. The maximum Gasteiger partial charge on any atom is 0.328 e. The maximum atomic E-state index is 12.9. The molecule has 2 amide bonds. The summed E-state index contributed by atoms with van der Waals surface area (Å²) in [6, 6.07) is 15.9. The number of benzene rings is 2. The number of nitrogens with two attached hydrogens (primary N) is 1. The minimum absolute atomic E-state index is 0.0186. The Hall–Kier alpha value is -2.49. The first-order chi connectivity index (χ1) is 11.2. The van der Waals surface area contributed by atoms with Crippen LogP contribution in [0, 0.1) is 0 Å². The number of aryl methyl sites for hydroxylation is 1. The van der Waals surface area contributed by atoms with Gasteiger partial charge in [0.15, 0.2) is 0 Å². The molecule has 1 aliphatic rings. The van der Waals surface area contributed by atoms with E-state index in [0.717, 1.165) is 43.7 Å². The van der Waals surface area contributed by atoms with E-state index in [9.17, 15) is 4.79 Å². The first-order valence-corrected chi connectivity index (χ1v) is 8.22. The van der Waals surface area contributed by atoms with Crippen molar-refractivity contribution >= 4 is 23.1 Å². The van der Waals surface area contributed by atoms with Crippen LogP contribution >= 0.6 is 0 Å². The zero-order valence-corrected chi connectivity index (χ0v) is 13.5. The highest BCUT2D eigenvalue weighted by Crippen LogP contribution is 2.26. The van der Waals surface area contributed by atoms with Crippen molar-refractivity contribution < 1.29 is 4.79 Å².